The first-order valence-corrected chi connectivity index (χ1v) is 5.32. The summed E-state index contributed by atoms with van der Waals surface area (Å²) in [5.41, 5.74) is 8.31. The summed E-state index contributed by atoms with van der Waals surface area (Å²) in [6, 6.07) is -1.52. The van der Waals surface area contributed by atoms with Gasteiger partial charge in [0.05, 0.1) is 0 Å². The molecule has 0 aliphatic carbocycles. The van der Waals surface area contributed by atoms with Gasteiger partial charge in [0.2, 0.25) is 0 Å². The molecule has 0 saturated carbocycles. The molecule has 0 unspecified atom stereocenters. The number of hydrogen-bond acceptors (Lipinski definition) is 6. The van der Waals surface area contributed by atoms with E-state index in [0.717, 1.165) is 0 Å². The van der Waals surface area contributed by atoms with E-state index in [2.05, 4.69) is 10.0 Å². The fourth-order valence-electron chi connectivity index (χ4n) is 2.09. The summed E-state index contributed by atoms with van der Waals surface area (Å²) in [6.45, 7) is 3.30. The zero-order valence-corrected chi connectivity index (χ0v) is 9.76. The highest BCUT2D eigenvalue weighted by Gasteiger charge is 2.57. The van der Waals surface area contributed by atoms with Crippen molar-refractivity contribution in [1.82, 2.24) is 0 Å². The molecule has 0 aromatic rings. The van der Waals surface area contributed by atoms with Gasteiger partial charge in [-0.05, 0) is 19.4 Å². The second kappa shape index (κ2) is 4.38. The molecule has 0 bridgehead atoms. The molecule has 0 aromatic heterocycles. The lowest BCUT2D eigenvalue weighted by molar-refractivity contribution is -0.217. The average molecular weight is 259 g/mol. The number of aliphatic carboxylic acids is 1. The Morgan fingerprint density at radius 1 is 1.50 bits per heavy atom. The third kappa shape index (κ3) is 2.14. The number of carbonyl (C=O) groups is 1. The van der Waals surface area contributed by atoms with E-state index in [1.807, 2.05) is 0 Å². The predicted molar refractivity (Wildman–Crippen MR) is 55.3 cm³/mol. The van der Waals surface area contributed by atoms with Crippen molar-refractivity contribution in [3.63, 3.8) is 0 Å². The molecular weight excluding hydrogens is 246 g/mol. The highest BCUT2D eigenvalue weighted by molar-refractivity contribution is 5.74. The number of nitrogens with zero attached hydrogens (tertiary/aromatic N) is 3. The van der Waals surface area contributed by atoms with E-state index in [0.29, 0.717) is 0 Å². The maximum Gasteiger partial charge on any atom is 0.315 e. The van der Waals surface area contributed by atoms with E-state index in [1.54, 1.807) is 13.8 Å². The van der Waals surface area contributed by atoms with Crippen molar-refractivity contribution in [3.8, 4) is 0 Å². The molecule has 100 valence electrons. The molecule has 0 radical (unpaired) electrons. The number of rotatable bonds is 3. The van der Waals surface area contributed by atoms with Crippen molar-refractivity contribution in [2.24, 2.45) is 5.11 Å². The van der Waals surface area contributed by atoms with Crippen molar-refractivity contribution in [2.75, 3.05) is 0 Å². The molecule has 2 aliphatic heterocycles. The maximum atomic E-state index is 10.9. The number of carboxylic acid groups (broad SMARTS) is 1. The van der Waals surface area contributed by atoms with Gasteiger partial charge in [0.1, 0.15) is 18.3 Å². The summed E-state index contributed by atoms with van der Waals surface area (Å²) in [4.78, 5) is 13.4. The predicted octanol–water partition coefficient (Wildman–Crippen LogP) is -0.0128. The third-order valence-corrected chi connectivity index (χ3v) is 2.79. The quantitative estimate of drug-likeness (QED) is 0.415. The van der Waals surface area contributed by atoms with Crippen molar-refractivity contribution in [2.45, 2.75) is 50.3 Å². The topological polar surface area (TPSA) is 134 Å². The minimum atomic E-state index is -1.52. The van der Waals surface area contributed by atoms with Gasteiger partial charge in [0.25, 0.3) is 0 Å². The van der Waals surface area contributed by atoms with Crippen molar-refractivity contribution < 1.29 is 29.2 Å². The standard InChI is InChI=1S/C9H13N3O6/c1-9(2)17-6-4(13)5(16-8(6)18-9)3(7(14)15)11-12-10/h3-6,8,13H,1-2H3,(H,14,15)/t3-,4+,5-,6-,8-/m1/s1. The van der Waals surface area contributed by atoms with Crippen LogP contribution in [0.25, 0.3) is 10.4 Å². The first kappa shape index (κ1) is 13.1. The monoisotopic (exact) mass is 259 g/mol. The smallest absolute Gasteiger partial charge is 0.315 e. The number of ether oxygens (including phenoxy) is 3. The Labute approximate surface area is 102 Å². The Balaban J connectivity index is 2.16. The molecule has 2 fully saturated rings. The number of hydrogen-bond donors (Lipinski definition) is 2. The Morgan fingerprint density at radius 3 is 2.67 bits per heavy atom. The van der Waals surface area contributed by atoms with Crippen LogP contribution in [0.2, 0.25) is 0 Å². The van der Waals surface area contributed by atoms with Crippen LogP contribution in [-0.4, -0.2) is 52.6 Å². The number of carboxylic acids is 1. The largest absolute Gasteiger partial charge is 0.481 e. The second-order valence-corrected chi connectivity index (χ2v) is 4.55. The molecule has 0 amide bonds. The Bertz CT molecular complexity index is 405. The van der Waals surface area contributed by atoms with Crippen molar-refractivity contribution in [1.29, 1.82) is 0 Å². The van der Waals surface area contributed by atoms with Crippen LogP contribution in [0.1, 0.15) is 13.8 Å². The second-order valence-electron chi connectivity index (χ2n) is 4.55. The van der Waals surface area contributed by atoms with Crippen LogP contribution in [0.3, 0.4) is 0 Å². The van der Waals surface area contributed by atoms with E-state index in [1.165, 1.54) is 0 Å². The third-order valence-electron chi connectivity index (χ3n) is 2.79. The van der Waals surface area contributed by atoms with Gasteiger partial charge in [-0.1, -0.05) is 5.11 Å². The fraction of sp³-hybridized carbons (Fsp3) is 0.889. The van der Waals surface area contributed by atoms with Crippen LogP contribution in [0, 0.1) is 0 Å². The summed E-state index contributed by atoms with van der Waals surface area (Å²) in [6.07, 6.45) is -4.08. The zero-order valence-electron chi connectivity index (χ0n) is 9.76. The SMILES string of the molecule is CC1(C)O[C@H]2O[C@H]([C@@H](N=[N+]=[N-])C(=O)O)[C@H](O)[C@H]2O1. The number of fused-ring (bicyclic) bond motifs is 1. The van der Waals surface area contributed by atoms with Crippen LogP contribution < -0.4 is 0 Å². The molecule has 9 nitrogen and oxygen atoms in total. The van der Waals surface area contributed by atoms with Gasteiger partial charge >= 0.3 is 5.97 Å². The number of azide groups is 1. The molecule has 18 heavy (non-hydrogen) atoms. The zero-order chi connectivity index (χ0) is 13.5. The Morgan fingerprint density at radius 2 is 2.17 bits per heavy atom. The molecule has 9 heteroatoms. The van der Waals surface area contributed by atoms with Gasteiger partial charge in [-0.15, -0.1) is 0 Å². The molecular formula is C9H13N3O6. The van der Waals surface area contributed by atoms with Crippen molar-refractivity contribution >= 4 is 5.97 Å². The highest BCUT2D eigenvalue weighted by Crippen LogP contribution is 2.38. The van der Waals surface area contributed by atoms with E-state index in [4.69, 9.17) is 24.8 Å². The molecule has 2 aliphatic rings. The van der Waals surface area contributed by atoms with E-state index in [9.17, 15) is 9.90 Å². The lowest BCUT2D eigenvalue weighted by atomic mass is 10.0. The summed E-state index contributed by atoms with van der Waals surface area (Å²) in [5, 5.41) is 22.0. The van der Waals surface area contributed by atoms with Crippen LogP contribution in [0.15, 0.2) is 5.11 Å². The lowest BCUT2D eigenvalue weighted by Crippen LogP contribution is -2.43. The van der Waals surface area contributed by atoms with E-state index in [-0.39, 0.29) is 0 Å². The van der Waals surface area contributed by atoms with Gasteiger partial charge in [0.15, 0.2) is 18.1 Å². The highest BCUT2D eigenvalue weighted by atomic mass is 16.8. The normalized spacial score (nSPS) is 38.8. The minimum Gasteiger partial charge on any atom is -0.481 e. The van der Waals surface area contributed by atoms with Gasteiger partial charge in [-0.25, -0.2) is 0 Å². The summed E-state index contributed by atoms with van der Waals surface area (Å²) in [7, 11) is 0. The van der Waals surface area contributed by atoms with Gasteiger partial charge in [0, 0.05) is 4.91 Å². The molecule has 2 rings (SSSR count). The van der Waals surface area contributed by atoms with Gasteiger partial charge < -0.3 is 24.4 Å². The van der Waals surface area contributed by atoms with E-state index >= 15 is 0 Å². The van der Waals surface area contributed by atoms with Crippen LogP contribution in [-0.2, 0) is 19.0 Å². The molecule has 2 heterocycles. The van der Waals surface area contributed by atoms with Crippen LogP contribution in [0.5, 0.6) is 0 Å². The molecule has 2 saturated heterocycles. The molecule has 2 N–H and O–H groups in total. The maximum absolute atomic E-state index is 10.9. The number of aliphatic hydroxyl groups excluding tert-OH is 1. The van der Waals surface area contributed by atoms with Gasteiger partial charge in [-0.2, -0.15) is 0 Å². The summed E-state index contributed by atoms with van der Waals surface area (Å²) < 4.78 is 16.0. The van der Waals surface area contributed by atoms with Crippen molar-refractivity contribution in [3.05, 3.63) is 10.4 Å². The van der Waals surface area contributed by atoms with Gasteiger partial charge in [-0.3, -0.25) is 4.79 Å². The molecule has 0 spiro atoms. The lowest BCUT2D eigenvalue weighted by Gasteiger charge is -2.24. The Hall–Kier alpha value is -1.38. The molecule has 5 atom stereocenters. The van der Waals surface area contributed by atoms with Crippen LogP contribution in [0.4, 0.5) is 0 Å². The van der Waals surface area contributed by atoms with E-state index < -0.39 is 42.4 Å². The first-order chi connectivity index (χ1) is 8.35. The molecule has 0 aromatic carbocycles. The Kier molecular flexibility index (Phi) is 3.18. The summed E-state index contributed by atoms with van der Waals surface area (Å²) >= 11 is 0. The average Bonchev–Trinajstić information content (AvgIpc) is 2.70. The fourth-order valence-corrected chi connectivity index (χ4v) is 2.09. The number of aliphatic hydroxyl groups is 1. The van der Waals surface area contributed by atoms with Crippen LogP contribution >= 0.6 is 0 Å². The first-order valence-electron chi connectivity index (χ1n) is 5.32. The minimum absolute atomic E-state index is 0.791. The summed E-state index contributed by atoms with van der Waals surface area (Å²) in [5.74, 6) is -2.28.